The largest absolute Gasteiger partial charge is 0.310 e. The lowest BCUT2D eigenvalue weighted by molar-refractivity contribution is 1.09. The second-order valence-corrected chi connectivity index (χ2v) is 11.9. The molecule has 9 rings (SSSR count). The number of nitrogens with zero attached hydrogens (tertiary/aromatic N) is 5. The maximum atomic E-state index is 5.36. The van der Waals surface area contributed by atoms with Gasteiger partial charge in [-0.2, -0.15) is 0 Å². The first kappa shape index (κ1) is 28.5. The van der Waals surface area contributed by atoms with Crippen molar-refractivity contribution in [3.8, 4) is 34.2 Å². The number of anilines is 3. The number of para-hydroxylation sites is 8. The van der Waals surface area contributed by atoms with Gasteiger partial charge in [0.25, 0.3) is 0 Å². The highest BCUT2D eigenvalue weighted by atomic mass is 15.2. The monoisotopic (exact) mass is 629 g/mol. The van der Waals surface area contributed by atoms with Crippen molar-refractivity contribution in [2.24, 2.45) is 0 Å². The van der Waals surface area contributed by atoms with Crippen molar-refractivity contribution in [2.75, 3.05) is 4.90 Å². The minimum atomic E-state index is 0.850. The highest BCUT2D eigenvalue weighted by Gasteiger charge is 2.24. The summed E-state index contributed by atoms with van der Waals surface area (Å²) >= 11 is 0. The molecule has 5 heteroatoms. The third-order valence-electron chi connectivity index (χ3n) is 8.92. The third-order valence-corrected chi connectivity index (χ3v) is 8.92. The van der Waals surface area contributed by atoms with Crippen molar-refractivity contribution in [1.29, 1.82) is 0 Å². The topological polar surface area (TPSA) is 38.9 Å². The summed E-state index contributed by atoms with van der Waals surface area (Å²) in [4.78, 5) is 12.9. The summed E-state index contributed by atoms with van der Waals surface area (Å²) < 4.78 is 4.52. The van der Waals surface area contributed by atoms with Crippen LogP contribution in [-0.4, -0.2) is 19.1 Å². The third kappa shape index (κ3) is 5.05. The average molecular weight is 630 g/mol. The van der Waals surface area contributed by atoms with Crippen molar-refractivity contribution < 1.29 is 0 Å². The van der Waals surface area contributed by atoms with Gasteiger partial charge < -0.3 is 4.90 Å². The molecule has 0 saturated carbocycles. The number of fused-ring (bicyclic) bond motifs is 2. The summed E-state index contributed by atoms with van der Waals surface area (Å²) in [5.74, 6) is 1.72. The van der Waals surface area contributed by atoms with Crippen molar-refractivity contribution in [1.82, 2.24) is 19.1 Å². The molecule has 0 bridgehead atoms. The van der Waals surface area contributed by atoms with Crippen LogP contribution in [0, 0.1) is 0 Å². The maximum absolute atomic E-state index is 5.36. The summed E-state index contributed by atoms with van der Waals surface area (Å²) in [6.07, 6.45) is 0. The molecule has 0 amide bonds. The number of imidazole rings is 2. The number of hydrogen-bond donors (Lipinski definition) is 0. The van der Waals surface area contributed by atoms with E-state index in [1.807, 2.05) is 18.2 Å². The lowest BCUT2D eigenvalue weighted by Crippen LogP contribution is -2.12. The number of rotatable bonds is 7. The normalized spacial score (nSPS) is 11.3. The molecule has 49 heavy (non-hydrogen) atoms. The van der Waals surface area contributed by atoms with Gasteiger partial charge in [0.15, 0.2) is 0 Å². The predicted octanol–water partition coefficient (Wildman–Crippen LogP) is 11.2. The van der Waals surface area contributed by atoms with Gasteiger partial charge in [-0.25, -0.2) is 9.97 Å². The highest BCUT2D eigenvalue weighted by Crippen LogP contribution is 2.44. The number of aromatic nitrogens is 4. The van der Waals surface area contributed by atoms with Crippen LogP contribution in [0.1, 0.15) is 0 Å². The summed E-state index contributed by atoms with van der Waals surface area (Å²) in [6, 6.07) is 65.3. The average Bonchev–Trinajstić information content (AvgIpc) is 3.76. The Kier molecular flexibility index (Phi) is 7.06. The van der Waals surface area contributed by atoms with Crippen molar-refractivity contribution in [3.05, 3.63) is 188 Å². The minimum Gasteiger partial charge on any atom is -0.310 e. The van der Waals surface area contributed by atoms with Gasteiger partial charge in [-0.15, -0.1) is 0 Å². The predicted molar refractivity (Wildman–Crippen MR) is 201 cm³/mol. The van der Waals surface area contributed by atoms with Crippen LogP contribution in [0.15, 0.2) is 188 Å². The fourth-order valence-corrected chi connectivity index (χ4v) is 6.73. The first-order chi connectivity index (χ1) is 24.3. The van der Waals surface area contributed by atoms with E-state index in [9.17, 15) is 0 Å². The Hall–Kier alpha value is -6.72. The first-order valence-electron chi connectivity index (χ1n) is 16.4. The van der Waals surface area contributed by atoms with Gasteiger partial charge in [0, 0.05) is 33.9 Å². The molecular formula is C44H31N5. The fourth-order valence-electron chi connectivity index (χ4n) is 6.73. The van der Waals surface area contributed by atoms with E-state index in [-0.39, 0.29) is 0 Å². The fraction of sp³-hybridized carbons (Fsp3) is 0. The number of benzene rings is 7. The molecular weight excluding hydrogens is 599 g/mol. The van der Waals surface area contributed by atoms with Crippen LogP contribution >= 0.6 is 0 Å². The molecule has 9 aromatic rings. The molecule has 0 atom stereocenters. The molecule has 2 heterocycles. The van der Waals surface area contributed by atoms with Crippen LogP contribution in [-0.2, 0) is 0 Å². The summed E-state index contributed by atoms with van der Waals surface area (Å²) in [7, 11) is 0. The van der Waals surface area contributed by atoms with Crippen molar-refractivity contribution in [3.63, 3.8) is 0 Å². The summed E-state index contributed by atoms with van der Waals surface area (Å²) in [5.41, 5.74) is 11.2. The zero-order valence-electron chi connectivity index (χ0n) is 26.6. The Morgan fingerprint density at radius 3 is 1.35 bits per heavy atom. The minimum absolute atomic E-state index is 0.850. The van der Waals surface area contributed by atoms with Gasteiger partial charge in [-0.05, 0) is 91.0 Å². The Morgan fingerprint density at radius 1 is 0.388 bits per heavy atom. The van der Waals surface area contributed by atoms with Gasteiger partial charge in [-0.3, -0.25) is 9.13 Å². The van der Waals surface area contributed by atoms with E-state index in [2.05, 4.69) is 184 Å². The van der Waals surface area contributed by atoms with Gasteiger partial charge >= 0.3 is 0 Å². The zero-order valence-corrected chi connectivity index (χ0v) is 26.6. The molecule has 5 nitrogen and oxygen atoms in total. The van der Waals surface area contributed by atoms with Crippen LogP contribution in [0.2, 0.25) is 0 Å². The molecule has 0 spiro atoms. The SMILES string of the molecule is c1ccc(N(c2ccccc2)c2ccc(-c3nc4ccccc4n3-c3ccccc3)cc2-c2nc3ccccc3n2-c2ccccc2)cc1. The molecule has 7 aromatic carbocycles. The van der Waals surface area contributed by atoms with E-state index < -0.39 is 0 Å². The van der Waals surface area contributed by atoms with Gasteiger partial charge in [0.05, 0.1) is 27.8 Å². The summed E-state index contributed by atoms with van der Waals surface area (Å²) in [5, 5.41) is 0. The molecule has 0 aliphatic carbocycles. The molecule has 232 valence electrons. The molecule has 0 fully saturated rings. The van der Waals surface area contributed by atoms with Crippen LogP contribution in [0.4, 0.5) is 17.1 Å². The molecule has 0 aliphatic heterocycles. The lowest BCUT2D eigenvalue weighted by Gasteiger charge is -2.28. The second-order valence-electron chi connectivity index (χ2n) is 11.9. The van der Waals surface area contributed by atoms with E-state index in [0.717, 1.165) is 73.3 Å². The molecule has 0 unspecified atom stereocenters. The quantitative estimate of drug-likeness (QED) is 0.176. The van der Waals surface area contributed by atoms with Gasteiger partial charge in [0.1, 0.15) is 11.6 Å². The van der Waals surface area contributed by atoms with E-state index in [1.54, 1.807) is 0 Å². The maximum Gasteiger partial charge on any atom is 0.147 e. The van der Waals surface area contributed by atoms with Crippen LogP contribution in [0.3, 0.4) is 0 Å². The Balaban J connectivity index is 1.37. The molecule has 0 aliphatic rings. The Labute approximate surface area is 284 Å². The zero-order chi connectivity index (χ0) is 32.6. The van der Waals surface area contributed by atoms with E-state index >= 15 is 0 Å². The van der Waals surface area contributed by atoms with E-state index in [1.165, 1.54) is 0 Å². The standard InChI is InChI=1S/C44H31N5/c1-5-17-33(18-6-1)47(34-19-7-2-8-20-34)40-30-29-32(43-45-38-25-13-15-27-41(38)48(43)35-21-9-3-10-22-35)31-37(40)44-46-39-26-14-16-28-42(39)49(44)36-23-11-4-12-24-36/h1-31H. The van der Waals surface area contributed by atoms with Crippen LogP contribution in [0.25, 0.3) is 56.2 Å². The van der Waals surface area contributed by atoms with Gasteiger partial charge in [-0.1, -0.05) is 97.1 Å². The highest BCUT2D eigenvalue weighted by molar-refractivity contribution is 5.93. The van der Waals surface area contributed by atoms with E-state index in [0.29, 0.717) is 0 Å². The summed E-state index contributed by atoms with van der Waals surface area (Å²) in [6.45, 7) is 0. The smallest absolute Gasteiger partial charge is 0.147 e. The Bertz CT molecular complexity index is 2500. The molecule has 0 saturated heterocycles. The molecule has 2 aromatic heterocycles. The molecule has 0 radical (unpaired) electrons. The lowest BCUT2D eigenvalue weighted by atomic mass is 10.0. The van der Waals surface area contributed by atoms with Crippen LogP contribution in [0.5, 0.6) is 0 Å². The van der Waals surface area contributed by atoms with Crippen molar-refractivity contribution in [2.45, 2.75) is 0 Å². The second kappa shape index (κ2) is 12.1. The number of hydrogen-bond acceptors (Lipinski definition) is 3. The molecule has 0 N–H and O–H groups in total. The van der Waals surface area contributed by atoms with Crippen molar-refractivity contribution >= 4 is 39.1 Å². The first-order valence-corrected chi connectivity index (χ1v) is 16.4. The Morgan fingerprint density at radius 2 is 0.816 bits per heavy atom. The van der Waals surface area contributed by atoms with Gasteiger partial charge in [0.2, 0.25) is 0 Å². The van der Waals surface area contributed by atoms with E-state index in [4.69, 9.17) is 9.97 Å². The van der Waals surface area contributed by atoms with Crippen LogP contribution < -0.4 is 4.90 Å².